The van der Waals surface area contributed by atoms with Gasteiger partial charge in [-0.15, -0.1) is 0 Å². The molecule has 1 heterocycles. The van der Waals surface area contributed by atoms with E-state index in [1.54, 1.807) is 4.90 Å². The number of hydrogen-bond acceptors (Lipinski definition) is 3. The van der Waals surface area contributed by atoms with E-state index in [2.05, 4.69) is 0 Å². The van der Waals surface area contributed by atoms with Crippen molar-refractivity contribution < 1.29 is 14.7 Å². The Labute approximate surface area is 140 Å². The molecule has 1 saturated carbocycles. The number of nitrogens with zero attached hydrogens (tertiary/aromatic N) is 2. The molecule has 0 aromatic heterocycles. The lowest BCUT2D eigenvalue weighted by atomic mass is 9.82. The molecule has 0 aromatic rings. The van der Waals surface area contributed by atoms with Crippen LogP contribution in [0.4, 0.5) is 0 Å². The fraction of sp³-hybridized carbons (Fsp3) is 0.889. The molecule has 2 aliphatic rings. The average molecular weight is 324 g/mol. The summed E-state index contributed by atoms with van der Waals surface area (Å²) in [5.74, 6) is 0.278. The normalized spacial score (nSPS) is 22.2. The van der Waals surface area contributed by atoms with E-state index in [-0.39, 0.29) is 30.2 Å². The zero-order chi connectivity index (χ0) is 17.0. The van der Waals surface area contributed by atoms with Crippen LogP contribution in [-0.4, -0.2) is 58.5 Å². The lowest BCUT2D eigenvalue weighted by molar-refractivity contribution is -0.144. The highest BCUT2D eigenvalue weighted by atomic mass is 16.3. The van der Waals surface area contributed by atoms with Crippen LogP contribution in [0.25, 0.3) is 0 Å². The molecule has 1 aliphatic carbocycles. The number of carbonyl (C=O) groups is 2. The molecule has 0 aromatic carbocycles. The van der Waals surface area contributed by atoms with Crippen LogP contribution in [0.15, 0.2) is 0 Å². The van der Waals surface area contributed by atoms with Crippen LogP contribution in [0, 0.1) is 5.92 Å². The van der Waals surface area contributed by atoms with Crippen LogP contribution in [0.5, 0.6) is 0 Å². The van der Waals surface area contributed by atoms with Gasteiger partial charge in [0, 0.05) is 32.1 Å². The van der Waals surface area contributed by atoms with Gasteiger partial charge < -0.3 is 14.9 Å². The van der Waals surface area contributed by atoms with Gasteiger partial charge in [0.05, 0.1) is 12.0 Å². The third-order valence-electron chi connectivity index (χ3n) is 5.58. The van der Waals surface area contributed by atoms with Crippen LogP contribution < -0.4 is 0 Å². The van der Waals surface area contributed by atoms with E-state index in [0.29, 0.717) is 13.1 Å². The average Bonchev–Trinajstić information content (AvgIpc) is 2.53. The van der Waals surface area contributed by atoms with Gasteiger partial charge in [0.15, 0.2) is 0 Å². The predicted octanol–water partition coefficient (Wildman–Crippen LogP) is 2.18. The van der Waals surface area contributed by atoms with E-state index in [9.17, 15) is 14.7 Å². The maximum Gasteiger partial charge on any atom is 0.225 e. The molecule has 2 fully saturated rings. The van der Waals surface area contributed by atoms with Gasteiger partial charge in [-0.05, 0) is 39.5 Å². The summed E-state index contributed by atoms with van der Waals surface area (Å²) in [4.78, 5) is 28.5. The quantitative estimate of drug-likeness (QED) is 0.862. The Balaban J connectivity index is 1.81. The molecule has 0 atom stereocenters. The molecule has 1 saturated heterocycles. The zero-order valence-corrected chi connectivity index (χ0v) is 14.9. The van der Waals surface area contributed by atoms with Crippen LogP contribution in [-0.2, 0) is 9.59 Å². The van der Waals surface area contributed by atoms with E-state index in [1.165, 1.54) is 0 Å². The predicted molar refractivity (Wildman–Crippen MR) is 89.9 cm³/mol. The third kappa shape index (κ3) is 4.69. The van der Waals surface area contributed by atoms with E-state index in [1.807, 2.05) is 25.8 Å². The van der Waals surface area contributed by atoms with Crippen LogP contribution in [0.2, 0.25) is 0 Å². The largest absolute Gasteiger partial charge is 0.389 e. The van der Waals surface area contributed by atoms with Gasteiger partial charge in [-0.1, -0.05) is 19.3 Å². The smallest absolute Gasteiger partial charge is 0.225 e. The Bertz CT molecular complexity index is 422. The molecule has 1 N–H and O–H groups in total. The van der Waals surface area contributed by atoms with Crippen LogP contribution >= 0.6 is 0 Å². The summed E-state index contributed by atoms with van der Waals surface area (Å²) in [5.41, 5.74) is -0.792. The fourth-order valence-electron chi connectivity index (χ4n) is 3.70. The molecule has 0 spiro atoms. The fourth-order valence-corrected chi connectivity index (χ4v) is 3.70. The van der Waals surface area contributed by atoms with E-state index >= 15 is 0 Å². The lowest BCUT2D eigenvalue weighted by Gasteiger charge is -2.37. The SMILES string of the molecule is CC(C)N(C)C(=O)C1CCN(C(=O)CC2(O)CCCCC2)CC1. The van der Waals surface area contributed by atoms with Crippen LogP contribution in [0.1, 0.15) is 65.2 Å². The van der Waals surface area contributed by atoms with Crippen molar-refractivity contribution in [1.82, 2.24) is 9.80 Å². The molecule has 1 aliphatic heterocycles. The summed E-state index contributed by atoms with van der Waals surface area (Å²) >= 11 is 0. The van der Waals surface area contributed by atoms with E-state index < -0.39 is 5.60 Å². The molecule has 0 radical (unpaired) electrons. The lowest BCUT2D eigenvalue weighted by Crippen LogP contribution is -2.47. The number of aliphatic hydroxyl groups is 1. The van der Waals surface area contributed by atoms with E-state index in [0.717, 1.165) is 44.9 Å². The summed E-state index contributed by atoms with van der Waals surface area (Å²) < 4.78 is 0. The molecule has 2 amide bonds. The number of likely N-dealkylation sites (tertiary alicyclic amines) is 1. The molecular weight excluding hydrogens is 292 g/mol. The minimum Gasteiger partial charge on any atom is -0.389 e. The minimum atomic E-state index is -0.792. The highest BCUT2D eigenvalue weighted by Crippen LogP contribution is 2.32. The Morgan fingerprint density at radius 1 is 1.17 bits per heavy atom. The summed E-state index contributed by atoms with van der Waals surface area (Å²) in [6.07, 6.45) is 6.40. The van der Waals surface area contributed by atoms with E-state index in [4.69, 9.17) is 0 Å². The van der Waals surface area contributed by atoms with Gasteiger partial charge >= 0.3 is 0 Å². The second-order valence-electron chi connectivity index (χ2n) is 7.66. The second-order valence-corrected chi connectivity index (χ2v) is 7.66. The molecule has 132 valence electrons. The summed E-state index contributed by atoms with van der Waals surface area (Å²) in [7, 11) is 1.85. The van der Waals surface area contributed by atoms with Crippen molar-refractivity contribution in [2.75, 3.05) is 20.1 Å². The van der Waals surface area contributed by atoms with Gasteiger partial charge in [0.1, 0.15) is 0 Å². The first-order valence-electron chi connectivity index (χ1n) is 9.09. The Morgan fingerprint density at radius 3 is 2.26 bits per heavy atom. The number of rotatable bonds is 4. The highest BCUT2D eigenvalue weighted by molar-refractivity contribution is 5.80. The van der Waals surface area contributed by atoms with Gasteiger partial charge in [-0.25, -0.2) is 0 Å². The van der Waals surface area contributed by atoms with Gasteiger partial charge in [-0.2, -0.15) is 0 Å². The van der Waals surface area contributed by atoms with Crippen molar-refractivity contribution in [3.8, 4) is 0 Å². The first kappa shape index (κ1) is 18.2. The summed E-state index contributed by atoms with van der Waals surface area (Å²) in [6, 6.07) is 0.211. The molecule has 5 nitrogen and oxygen atoms in total. The maximum absolute atomic E-state index is 12.5. The van der Waals surface area contributed by atoms with Crippen molar-refractivity contribution in [1.29, 1.82) is 0 Å². The van der Waals surface area contributed by atoms with Crippen molar-refractivity contribution in [2.24, 2.45) is 5.92 Å². The standard InChI is InChI=1S/C18H32N2O3/c1-14(2)19(3)17(22)15-7-11-20(12-8-15)16(21)13-18(23)9-5-4-6-10-18/h14-15,23H,4-13H2,1-3H3. The Kier molecular flexibility index (Phi) is 6.06. The third-order valence-corrected chi connectivity index (χ3v) is 5.58. The molecule has 5 heteroatoms. The zero-order valence-electron chi connectivity index (χ0n) is 14.9. The molecule has 0 bridgehead atoms. The monoisotopic (exact) mass is 324 g/mol. The Morgan fingerprint density at radius 2 is 1.74 bits per heavy atom. The van der Waals surface area contributed by atoms with Crippen molar-refractivity contribution in [2.45, 2.75) is 76.9 Å². The first-order valence-corrected chi connectivity index (χ1v) is 9.09. The molecule has 0 unspecified atom stereocenters. The van der Waals surface area contributed by atoms with Crippen LogP contribution in [0.3, 0.4) is 0 Å². The summed E-state index contributed by atoms with van der Waals surface area (Å²) in [6.45, 7) is 5.30. The number of carbonyl (C=O) groups excluding carboxylic acids is 2. The first-order chi connectivity index (χ1) is 10.8. The summed E-state index contributed by atoms with van der Waals surface area (Å²) in [5, 5.41) is 10.5. The van der Waals surface area contributed by atoms with Gasteiger partial charge in [0.2, 0.25) is 11.8 Å². The molecule has 23 heavy (non-hydrogen) atoms. The minimum absolute atomic E-state index is 0.0317. The van der Waals surface area contributed by atoms with Gasteiger partial charge in [-0.3, -0.25) is 9.59 Å². The Hall–Kier alpha value is -1.10. The maximum atomic E-state index is 12.5. The van der Waals surface area contributed by atoms with Gasteiger partial charge in [0.25, 0.3) is 0 Å². The highest BCUT2D eigenvalue weighted by Gasteiger charge is 2.35. The number of amides is 2. The van der Waals surface area contributed by atoms with Crippen molar-refractivity contribution >= 4 is 11.8 Å². The van der Waals surface area contributed by atoms with Crippen molar-refractivity contribution in [3.05, 3.63) is 0 Å². The number of hydrogen-bond donors (Lipinski definition) is 1. The second kappa shape index (κ2) is 7.65. The van der Waals surface area contributed by atoms with Crippen molar-refractivity contribution in [3.63, 3.8) is 0 Å². The molecular formula is C18H32N2O3. The number of piperidine rings is 1. The molecule has 2 rings (SSSR count). The topological polar surface area (TPSA) is 60.9 Å².